The number of furan rings is 1. The van der Waals surface area contributed by atoms with Gasteiger partial charge in [0.25, 0.3) is 11.7 Å². The third-order valence-corrected chi connectivity index (χ3v) is 5.50. The summed E-state index contributed by atoms with van der Waals surface area (Å²) >= 11 is 0. The van der Waals surface area contributed by atoms with Crippen LogP contribution in [0.3, 0.4) is 0 Å². The number of carbonyl (C=O) groups excluding carboxylic acids is 2. The monoisotopic (exact) mass is 449 g/mol. The number of halogens is 1. The summed E-state index contributed by atoms with van der Waals surface area (Å²) in [7, 11) is 0. The molecule has 1 atom stereocenters. The van der Waals surface area contributed by atoms with Crippen molar-refractivity contribution in [1.82, 2.24) is 4.90 Å². The van der Waals surface area contributed by atoms with E-state index in [4.69, 9.17) is 9.15 Å². The second-order valence-corrected chi connectivity index (χ2v) is 7.79. The lowest BCUT2D eigenvalue weighted by atomic mass is 9.95. The Balaban J connectivity index is 1.80. The lowest BCUT2D eigenvalue weighted by Gasteiger charge is -2.25. The summed E-state index contributed by atoms with van der Waals surface area (Å²) in [4.78, 5) is 27.4. The van der Waals surface area contributed by atoms with E-state index in [1.165, 1.54) is 35.4 Å². The smallest absolute Gasteiger partial charge is 0.296 e. The number of hydrogen-bond acceptors (Lipinski definition) is 5. The first-order chi connectivity index (χ1) is 16.0. The summed E-state index contributed by atoms with van der Waals surface area (Å²) in [5.74, 6) is -1.30. The Morgan fingerprint density at radius 1 is 1.12 bits per heavy atom. The molecule has 1 aliphatic rings. The zero-order chi connectivity index (χ0) is 23.4. The number of nitrogens with zero attached hydrogens (tertiary/aromatic N) is 1. The predicted molar refractivity (Wildman–Crippen MR) is 120 cm³/mol. The van der Waals surface area contributed by atoms with Crippen LogP contribution >= 0.6 is 0 Å². The molecule has 0 radical (unpaired) electrons. The standard InChI is InChI=1S/C26H24FNO5/c1-2-3-13-32-20-7-4-6-18(15-20)23-22(24(29)17-9-11-19(27)12-10-17)25(30)26(31)28(23)16-21-8-5-14-33-21/h4-12,14-15,23,29H,2-3,13,16H2,1H3. The largest absolute Gasteiger partial charge is 0.507 e. The molecule has 1 fully saturated rings. The molecule has 4 rings (SSSR count). The number of likely N-dealkylation sites (tertiary alicyclic amines) is 1. The zero-order valence-corrected chi connectivity index (χ0v) is 18.2. The fourth-order valence-corrected chi connectivity index (χ4v) is 3.83. The third-order valence-electron chi connectivity index (χ3n) is 5.50. The molecule has 6 nitrogen and oxygen atoms in total. The van der Waals surface area contributed by atoms with Crippen LogP contribution in [-0.4, -0.2) is 28.3 Å². The summed E-state index contributed by atoms with van der Waals surface area (Å²) < 4.78 is 24.6. The maximum Gasteiger partial charge on any atom is 0.296 e. The van der Waals surface area contributed by atoms with Gasteiger partial charge in [0.1, 0.15) is 23.1 Å². The zero-order valence-electron chi connectivity index (χ0n) is 18.2. The van der Waals surface area contributed by atoms with Gasteiger partial charge >= 0.3 is 0 Å². The molecule has 1 saturated heterocycles. The van der Waals surface area contributed by atoms with E-state index in [2.05, 4.69) is 6.92 Å². The normalized spacial score (nSPS) is 17.5. The molecule has 0 saturated carbocycles. The number of hydrogen-bond donors (Lipinski definition) is 1. The van der Waals surface area contributed by atoms with Crippen LogP contribution in [0.5, 0.6) is 5.75 Å². The van der Waals surface area contributed by atoms with Crippen LogP contribution in [-0.2, 0) is 16.1 Å². The Bertz CT molecular complexity index is 1170. The fraction of sp³-hybridized carbons (Fsp3) is 0.231. The number of rotatable bonds is 8. The molecule has 2 aromatic carbocycles. The maximum absolute atomic E-state index is 13.4. The van der Waals surface area contributed by atoms with Crippen molar-refractivity contribution >= 4 is 17.4 Å². The SMILES string of the molecule is CCCCOc1cccc(C2C(=C(O)c3ccc(F)cc3)C(=O)C(=O)N2Cc2ccco2)c1. The molecule has 2 heterocycles. The Labute approximate surface area is 190 Å². The number of aliphatic hydroxyl groups excluding tert-OH is 1. The van der Waals surface area contributed by atoms with Gasteiger partial charge in [0, 0.05) is 5.56 Å². The fourth-order valence-electron chi connectivity index (χ4n) is 3.83. The van der Waals surface area contributed by atoms with Crippen molar-refractivity contribution in [2.75, 3.05) is 6.61 Å². The summed E-state index contributed by atoms with van der Waals surface area (Å²) in [6, 6.07) is 14.8. The van der Waals surface area contributed by atoms with Crippen LogP contribution in [0, 0.1) is 5.82 Å². The molecule has 1 amide bonds. The van der Waals surface area contributed by atoms with Crippen LogP contribution < -0.4 is 4.74 Å². The highest BCUT2D eigenvalue weighted by molar-refractivity contribution is 6.46. The van der Waals surface area contributed by atoms with Gasteiger partial charge in [-0.1, -0.05) is 25.5 Å². The average Bonchev–Trinajstić information content (AvgIpc) is 3.42. The van der Waals surface area contributed by atoms with Gasteiger partial charge in [-0.05, 0) is 60.5 Å². The average molecular weight is 449 g/mol. The van der Waals surface area contributed by atoms with E-state index in [0.29, 0.717) is 23.7 Å². The van der Waals surface area contributed by atoms with Crippen molar-refractivity contribution in [2.24, 2.45) is 0 Å². The van der Waals surface area contributed by atoms with Crippen LogP contribution in [0.4, 0.5) is 4.39 Å². The van der Waals surface area contributed by atoms with E-state index >= 15 is 0 Å². The minimum Gasteiger partial charge on any atom is -0.507 e. The summed E-state index contributed by atoms with van der Waals surface area (Å²) in [6.45, 7) is 2.66. The highest BCUT2D eigenvalue weighted by Crippen LogP contribution is 2.41. The van der Waals surface area contributed by atoms with Gasteiger partial charge in [0.05, 0.1) is 31.0 Å². The highest BCUT2D eigenvalue weighted by atomic mass is 19.1. The molecule has 1 unspecified atom stereocenters. The van der Waals surface area contributed by atoms with E-state index in [1.807, 2.05) is 0 Å². The van der Waals surface area contributed by atoms with E-state index in [-0.39, 0.29) is 23.4 Å². The number of unbranched alkanes of at least 4 members (excludes halogenated alkanes) is 1. The van der Waals surface area contributed by atoms with Gasteiger partial charge < -0.3 is 19.2 Å². The minimum atomic E-state index is -0.866. The van der Waals surface area contributed by atoms with Crippen LogP contribution in [0.1, 0.15) is 42.7 Å². The van der Waals surface area contributed by atoms with Gasteiger partial charge in [-0.3, -0.25) is 9.59 Å². The maximum atomic E-state index is 13.4. The number of aliphatic hydroxyl groups is 1. The van der Waals surface area contributed by atoms with Crippen molar-refractivity contribution in [3.05, 3.63) is 95.2 Å². The molecular weight excluding hydrogens is 425 g/mol. The van der Waals surface area contributed by atoms with E-state index in [9.17, 15) is 19.1 Å². The second kappa shape index (κ2) is 9.73. The number of Topliss-reactive ketones (excluding diaryl/α,β-unsaturated/α-hetero) is 1. The number of benzene rings is 2. The molecule has 0 aliphatic carbocycles. The van der Waals surface area contributed by atoms with Crippen LogP contribution in [0.25, 0.3) is 5.76 Å². The number of carbonyl (C=O) groups is 2. The molecule has 7 heteroatoms. The Kier molecular flexibility index (Phi) is 6.58. The topological polar surface area (TPSA) is 80.0 Å². The molecule has 1 N–H and O–H groups in total. The first-order valence-corrected chi connectivity index (χ1v) is 10.8. The summed E-state index contributed by atoms with van der Waals surface area (Å²) in [6.07, 6.45) is 3.37. The molecule has 0 spiro atoms. The first-order valence-electron chi connectivity index (χ1n) is 10.8. The Hall–Kier alpha value is -3.87. The van der Waals surface area contributed by atoms with Crippen LogP contribution in [0.2, 0.25) is 0 Å². The van der Waals surface area contributed by atoms with Gasteiger partial charge in [-0.25, -0.2) is 4.39 Å². The van der Waals surface area contributed by atoms with Crippen molar-refractivity contribution in [3.8, 4) is 5.75 Å². The number of amides is 1. The third kappa shape index (κ3) is 4.67. The van der Waals surface area contributed by atoms with Crippen molar-refractivity contribution in [2.45, 2.75) is 32.4 Å². The molecular formula is C26H24FNO5. The van der Waals surface area contributed by atoms with Gasteiger partial charge in [-0.15, -0.1) is 0 Å². The lowest BCUT2D eigenvalue weighted by molar-refractivity contribution is -0.140. The van der Waals surface area contributed by atoms with Crippen LogP contribution in [0.15, 0.2) is 76.9 Å². The van der Waals surface area contributed by atoms with E-state index in [1.54, 1.807) is 36.4 Å². The molecule has 3 aromatic rings. The molecule has 170 valence electrons. The molecule has 1 aromatic heterocycles. The minimum absolute atomic E-state index is 0.0450. The quantitative estimate of drug-likeness (QED) is 0.221. The van der Waals surface area contributed by atoms with Gasteiger partial charge in [0.15, 0.2) is 0 Å². The summed E-state index contributed by atoms with van der Waals surface area (Å²) in [5, 5.41) is 11.0. The van der Waals surface area contributed by atoms with E-state index < -0.39 is 23.5 Å². The molecule has 0 bridgehead atoms. The van der Waals surface area contributed by atoms with Gasteiger partial charge in [0.2, 0.25) is 0 Å². The van der Waals surface area contributed by atoms with Crippen molar-refractivity contribution in [1.29, 1.82) is 0 Å². The lowest BCUT2D eigenvalue weighted by Crippen LogP contribution is -2.29. The first kappa shape index (κ1) is 22.3. The molecule has 33 heavy (non-hydrogen) atoms. The Morgan fingerprint density at radius 2 is 1.91 bits per heavy atom. The van der Waals surface area contributed by atoms with E-state index in [0.717, 1.165) is 12.8 Å². The predicted octanol–water partition coefficient (Wildman–Crippen LogP) is 5.22. The highest BCUT2D eigenvalue weighted by Gasteiger charge is 2.46. The van der Waals surface area contributed by atoms with Crippen molar-refractivity contribution < 1.29 is 28.2 Å². The number of ether oxygens (including phenoxy) is 1. The number of ketones is 1. The summed E-state index contributed by atoms with van der Waals surface area (Å²) in [5.41, 5.74) is 0.787. The Morgan fingerprint density at radius 3 is 2.61 bits per heavy atom. The van der Waals surface area contributed by atoms with Crippen molar-refractivity contribution in [3.63, 3.8) is 0 Å². The van der Waals surface area contributed by atoms with Gasteiger partial charge in [-0.2, -0.15) is 0 Å². The second-order valence-electron chi connectivity index (χ2n) is 7.79. The molecule has 1 aliphatic heterocycles.